The number of rotatable bonds is 2. The Balaban J connectivity index is 0.000000230. The van der Waals surface area contributed by atoms with Crippen molar-refractivity contribution >= 4 is 6.08 Å². The third kappa shape index (κ3) is 5.68. The Morgan fingerprint density at radius 2 is 1.71 bits per heavy atom. The second kappa shape index (κ2) is 10.7. The maximum atomic E-state index is 5.43. The molecule has 0 radical (unpaired) electrons. The third-order valence-electron chi connectivity index (χ3n) is 2.93. The summed E-state index contributed by atoms with van der Waals surface area (Å²) in [7, 11) is 0. The van der Waals surface area contributed by atoms with Crippen molar-refractivity contribution in [1.29, 1.82) is 0 Å². The first-order valence-electron chi connectivity index (χ1n) is 7.96. The molecular formula is C19H25N5. The smallest absolute Gasteiger partial charge is 0.150 e. The SMILES string of the molecule is C/C=C\c1nccn1N.CC.Cc1cccnc1-c1ccccn1. The predicted molar refractivity (Wildman–Crippen MR) is 101 cm³/mol. The number of hydrogen-bond donors (Lipinski definition) is 1. The van der Waals surface area contributed by atoms with Crippen molar-refractivity contribution in [2.75, 3.05) is 5.84 Å². The molecule has 0 bridgehead atoms. The molecule has 2 N–H and O–H groups in total. The molecule has 0 unspecified atom stereocenters. The molecule has 0 fully saturated rings. The van der Waals surface area contributed by atoms with Gasteiger partial charge in [-0.3, -0.25) is 14.6 Å². The van der Waals surface area contributed by atoms with Gasteiger partial charge in [-0.1, -0.05) is 32.1 Å². The van der Waals surface area contributed by atoms with Crippen molar-refractivity contribution in [1.82, 2.24) is 19.6 Å². The van der Waals surface area contributed by atoms with Crippen LogP contribution in [0.2, 0.25) is 0 Å². The van der Waals surface area contributed by atoms with Gasteiger partial charge in [-0.05, 0) is 43.7 Å². The molecule has 0 aromatic carbocycles. The molecule has 0 amide bonds. The molecule has 5 nitrogen and oxygen atoms in total. The van der Waals surface area contributed by atoms with Crippen molar-refractivity contribution in [3.63, 3.8) is 0 Å². The van der Waals surface area contributed by atoms with Crippen LogP contribution in [0.15, 0.2) is 61.2 Å². The van der Waals surface area contributed by atoms with Gasteiger partial charge >= 0.3 is 0 Å². The van der Waals surface area contributed by atoms with Crippen LogP contribution >= 0.6 is 0 Å². The number of aromatic nitrogens is 4. The summed E-state index contributed by atoms with van der Waals surface area (Å²) >= 11 is 0. The second-order valence-corrected chi connectivity index (χ2v) is 4.58. The maximum absolute atomic E-state index is 5.43. The third-order valence-corrected chi connectivity index (χ3v) is 2.93. The zero-order valence-electron chi connectivity index (χ0n) is 14.7. The van der Waals surface area contributed by atoms with Gasteiger partial charge in [0.1, 0.15) is 5.82 Å². The van der Waals surface area contributed by atoms with E-state index in [9.17, 15) is 0 Å². The average molecular weight is 323 g/mol. The lowest BCUT2D eigenvalue weighted by molar-refractivity contribution is 0.979. The van der Waals surface area contributed by atoms with Gasteiger partial charge in [-0.25, -0.2) is 4.98 Å². The monoisotopic (exact) mass is 323 g/mol. The summed E-state index contributed by atoms with van der Waals surface area (Å²) in [6.07, 6.45) is 10.7. The number of pyridine rings is 2. The minimum Gasteiger partial charge on any atom is -0.338 e. The largest absolute Gasteiger partial charge is 0.338 e. The van der Waals surface area contributed by atoms with E-state index in [2.05, 4.69) is 15.0 Å². The average Bonchev–Trinajstić information content (AvgIpc) is 3.04. The van der Waals surface area contributed by atoms with Gasteiger partial charge in [-0.2, -0.15) is 0 Å². The van der Waals surface area contributed by atoms with E-state index in [1.54, 1.807) is 24.8 Å². The Morgan fingerprint density at radius 3 is 2.25 bits per heavy atom. The van der Waals surface area contributed by atoms with Crippen molar-refractivity contribution in [2.45, 2.75) is 27.7 Å². The molecule has 3 rings (SSSR count). The molecule has 0 atom stereocenters. The van der Waals surface area contributed by atoms with E-state index in [-0.39, 0.29) is 0 Å². The molecule has 0 saturated heterocycles. The molecule has 3 aromatic rings. The van der Waals surface area contributed by atoms with E-state index in [1.165, 1.54) is 4.68 Å². The molecule has 24 heavy (non-hydrogen) atoms. The van der Waals surface area contributed by atoms with Crippen LogP contribution in [0.5, 0.6) is 0 Å². The first kappa shape index (κ1) is 19.1. The van der Waals surface area contributed by atoms with Crippen molar-refractivity contribution in [3.05, 3.63) is 72.6 Å². The van der Waals surface area contributed by atoms with E-state index in [0.29, 0.717) is 0 Å². The van der Waals surface area contributed by atoms with Gasteiger partial charge in [0.15, 0.2) is 0 Å². The Kier molecular flexibility index (Phi) is 8.53. The van der Waals surface area contributed by atoms with E-state index < -0.39 is 0 Å². The molecule has 3 heterocycles. The summed E-state index contributed by atoms with van der Waals surface area (Å²) in [5, 5.41) is 0. The number of nitrogen functional groups attached to an aromatic ring is 1. The molecular weight excluding hydrogens is 298 g/mol. The fourth-order valence-corrected chi connectivity index (χ4v) is 1.86. The lowest BCUT2D eigenvalue weighted by Crippen LogP contribution is -2.07. The van der Waals surface area contributed by atoms with Gasteiger partial charge < -0.3 is 5.84 Å². The number of hydrogen-bond acceptors (Lipinski definition) is 4. The minimum atomic E-state index is 0.775. The van der Waals surface area contributed by atoms with Crippen LogP contribution in [0.4, 0.5) is 0 Å². The second-order valence-electron chi connectivity index (χ2n) is 4.58. The van der Waals surface area contributed by atoms with Crippen LogP contribution in [0.25, 0.3) is 17.5 Å². The van der Waals surface area contributed by atoms with Gasteiger partial charge in [-0.15, -0.1) is 0 Å². The Morgan fingerprint density at radius 1 is 0.958 bits per heavy atom. The summed E-state index contributed by atoms with van der Waals surface area (Å²) in [6, 6.07) is 9.81. The van der Waals surface area contributed by atoms with Gasteiger partial charge in [0.05, 0.1) is 11.4 Å². The normalized spacial score (nSPS) is 9.67. The molecule has 0 aliphatic carbocycles. The summed E-state index contributed by atoms with van der Waals surface area (Å²) in [5.74, 6) is 6.20. The van der Waals surface area contributed by atoms with E-state index in [1.807, 2.05) is 70.2 Å². The van der Waals surface area contributed by atoms with Crippen LogP contribution < -0.4 is 5.84 Å². The van der Waals surface area contributed by atoms with E-state index >= 15 is 0 Å². The first-order valence-corrected chi connectivity index (χ1v) is 7.96. The fraction of sp³-hybridized carbons (Fsp3) is 0.211. The topological polar surface area (TPSA) is 69.6 Å². The van der Waals surface area contributed by atoms with Gasteiger partial charge in [0.2, 0.25) is 0 Å². The summed E-state index contributed by atoms with van der Waals surface area (Å²) in [5.41, 5.74) is 3.05. The standard InChI is InChI=1S/C11H10N2.C6H9N3.C2H6/c1-9-5-4-8-13-11(9)10-6-2-3-7-12-10;1-2-3-6-8-4-5-9(6)7;1-2/h2-8H,1H3;2-5H,7H2,1H3;1-2H3/b;3-2-;. The van der Waals surface area contributed by atoms with Crippen LogP contribution in [0, 0.1) is 6.92 Å². The zero-order chi connectivity index (χ0) is 17.8. The van der Waals surface area contributed by atoms with Gasteiger partial charge in [0.25, 0.3) is 0 Å². The molecule has 5 heteroatoms. The molecule has 0 aliphatic heterocycles. The molecule has 0 saturated carbocycles. The van der Waals surface area contributed by atoms with E-state index in [0.717, 1.165) is 22.8 Å². The molecule has 126 valence electrons. The minimum absolute atomic E-state index is 0.775. The highest BCUT2D eigenvalue weighted by Crippen LogP contribution is 2.16. The molecule has 0 aliphatic rings. The lowest BCUT2D eigenvalue weighted by atomic mass is 10.1. The van der Waals surface area contributed by atoms with Crippen LogP contribution in [-0.2, 0) is 0 Å². The predicted octanol–water partition coefficient (Wildman–Crippen LogP) is 4.11. The van der Waals surface area contributed by atoms with Crippen LogP contribution in [0.3, 0.4) is 0 Å². The highest BCUT2D eigenvalue weighted by molar-refractivity contribution is 5.57. The maximum Gasteiger partial charge on any atom is 0.150 e. The number of nitrogens with two attached hydrogens (primary N) is 1. The van der Waals surface area contributed by atoms with Crippen LogP contribution in [-0.4, -0.2) is 19.6 Å². The van der Waals surface area contributed by atoms with Crippen molar-refractivity contribution in [2.24, 2.45) is 0 Å². The Hall–Kier alpha value is -2.95. The Labute approximate surface area is 143 Å². The highest BCUT2D eigenvalue weighted by Gasteiger charge is 2.01. The molecule has 3 aromatic heterocycles. The number of aryl methyl sites for hydroxylation is 1. The summed E-state index contributed by atoms with van der Waals surface area (Å²) in [6.45, 7) is 7.96. The van der Waals surface area contributed by atoms with Crippen molar-refractivity contribution in [3.8, 4) is 11.4 Å². The lowest BCUT2D eigenvalue weighted by Gasteiger charge is -2.01. The van der Waals surface area contributed by atoms with E-state index in [4.69, 9.17) is 5.84 Å². The fourth-order valence-electron chi connectivity index (χ4n) is 1.86. The quantitative estimate of drug-likeness (QED) is 0.721. The van der Waals surface area contributed by atoms with Crippen LogP contribution in [0.1, 0.15) is 32.2 Å². The molecule has 0 spiro atoms. The van der Waals surface area contributed by atoms with Gasteiger partial charge in [0, 0.05) is 24.8 Å². The first-order chi connectivity index (χ1) is 11.7. The van der Waals surface area contributed by atoms with Crippen molar-refractivity contribution < 1.29 is 0 Å². The highest BCUT2D eigenvalue weighted by atomic mass is 15.3. The number of nitrogens with zero attached hydrogens (tertiary/aromatic N) is 4. The Bertz CT molecular complexity index is 732. The summed E-state index contributed by atoms with van der Waals surface area (Å²) < 4.78 is 1.47. The summed E-state index contributed by atoms with van der Waals surface area (Å²) in [4.78, 5) is 12.5. The zero-order valence-corrected chi connectivity index (χ0v) is 14.7. The number of imidazole rings is 1. The number of allylic oxidation sites excluding steroid dienone is 1.